The average Bonchev–Trinajstić information content (AvgIpc) is 3.00. The Balaban J connectivity index is 2.02. The zero-order chi connectivity index (χ0) is 16.0. The van der Waals surface area contributed by atoms with Crippen LogP contribution in [0.15, 0.2) is 18.3 Å². The maximum atomic E-state index is 11.3. The van der Waals surface area contributed by atoms with Crippen molar-refractivity contribution in [1.82, 2.24) is 4.98 Å². The lowest BCUT2D eigenvalue weighted by molar-refractivity contribution is 0.0595. The third kappa shape index (κ3) is 8.06. The van der Waals surface area contributed by atoms with Crippen LogP contribution in [0.4, 0.5) is 0 Å². The number of aromatic nitrogens is 1. The van der Waals surface area contributed by atoms with Crippen molar-refractivity contribution in [3.8, 4) is 0 Å². The van der Waals surface area contributed by atoms with Gasteiger partial charge in [-0.3, -0.25) is 0 Å². The normalized spacial score (nSPS) is 11.2. The lowest BCUT2D eigenvalue weighted by Gasteiger charge is -2.00. The number of H-pyrrole nitrogens is 1. The number of methoxy groups -OCH3 is 1. The van der Waals surface area contributed by atoms with E-state index in [9.17, 15) is 4.79 Å². The molecule has 0 unspecified atom stereocenters. The molecule has 0 aromatic carbocycles. The molecular weight excluding hydrogens is 274 g/mol. The summed E-state index contributed by atoms with van der Waals surface area (Å²) >= 11 is 0. The molecule has 0 atom stereocenters. The van der Waals surface area contributed by atoms with Gasteiger partial charge in [-0.1, -0.05) is 70.4 Å². The highest BCUT2D eigenvalue weighted by Crippen LogP contribution is 2.12. The van der Waals surface area contributed by atoms with Crippen molar-refractivity contribution in [2.45, 2.75) is 71.1 Å². The van der Waals surface area contributed by atoms with Crippen LogP contribution in [0.3, 0.4) is 0 Å². The van der Waals surface area contributed by atoms with E-state index in [1.54, 1.807) is 0 Å². The van der Waals surface area contributed by atoms with Crippen LogP contribution < -0.4 is 0 Å². The van der Waals surface area contributed by atoms with E-state index in [1.807, 2.05) is 12.3 Å². The largest absolute Gasteiger partial charge is 0.464 e. The molecule has 0 bridgehead atoms. The molecule has 1 aromatic heterocycles. The van der Waals surface area contributed by atoms with Crippen LogP contribution >= 0.6 is 0 Å². The average molecular weight is 305 g/mol. The Hall–Kier alpha value is -1.51. The van der Waals surface area contributed by atoms with Crippen molar-refractivity contribution >= 4 is 12.0 Å². The van der Waals surface area contributed by atoms with Gasteiger partial charge in [-0.15, -0.1) is 0 Å². The quantitative estimate of drug-likeness (QED) is 0.395. The van der Waals surface area contributed by atoms with E-state index in [0.717, 1.165) is 12.0 Å². The summed E-state index contributed by atoms with van der Waals surface area (Å²) in [5.41, 5.74) is 1.53. The summed E-state index contributed by atoms with van der Waals surface area (Å²) in [6, 6.07) is 1.82. The Bertz CT molecular complexity index is 434. The number of aromatic amines is 1. The van der Waals surface area contributed by atoms with Crippen molar-refractivity contribution in [2.75, 3.05) is 7.11 Å². The molecule has 0 aliphatic carbocycles. The van der Waals surface area contributed by atoms with Crippen LogP contribution in [0, 0.1) is 0 Å². The molecule has 0 fully saturated rings. The van der Waals surface area contributed by atoms with Gasteiger partial charge in [0.1, 0.15) is 5.69 Å². The lowest BCUT2D eigenvalue weighted by atomic mass is 10.1. The zero-order valence-electron chi connectivity index (χ0n) is 14.2. The molecule has 124 valence electrons. The Morgan fingerprint density at radius 1 is 1.09 bits per heavy atom. The minimum Gasteiger partial charge on any atom is -0.464 e. The van der Waals surface area contributed by atoms with E-state index >= 15 is 0 Å². The first-order chi connectivity index (χ1) is 10.8. The third-order valence-electron chi connectivity index (χ3n) is 3.90. The molecule has 0 spiro atoms. The van der Waals surface area contributed by atoms with Crippen molar-refractivity contribution < 1.29 is 9.53 Å². The smallest absolute Gasteiger partial charge is 0.354 e. The molecule has 0 amide bonds. The van der Waals surface area contributed by atoms with E-state index < -0.39 is 0 Å². The van der Waals surface area contributed by atoms with Crippen LogP contribution in [-0.2, 0) is 4.74 Å². The zero-order valence-corrected chi connectivity index (χ0v) is 14.2. The van der Waals surface area contributed by atoms with E-state index in [1.165, 1.54) is 64.9 Å². The topological polar surface area (TPSA) is 42.1 Å². The maximum absolute atomic E-state index is 11.3. The monoisotopic (exact) mass is 305 g/mol. The van der Waals surface area contributed by atoms with Gasteiger partial charge in [0, 0.05) is 6.20 Å². The van der Waals surface area contributed by atoms with Crippen molar-refractivity contribution in [3.63, 3.8) is 0 Å². The van der Waals surface area contributed by atoms with Crippen molar-refractivity contribution in [3.05, 3.63) is 29.6 Å². The van der Waals surface area contributed by atoms with Gasteiger partial charge in [-0.25, -0.2) is 4.79 Å². The van der Waals surface area contributed by atoms with E-state index in [2.05, 4.69) is 28.8 Å². The molecule has 1 heterocycles. The molecule has 0 aliphatic heterocycles. The fraction of sp³-hybridized carbons (Fsp3) is 0.632. The number of allylic oxidation sites excluding steroid dienone is 1. The van der Waals surface area contributed by atoms with Crippen molar-refractivity contribution in [1.29, 1.82) is 0 Å². The van der Waals surface area contributed by atoms with Crippen LogP contribution in [0.2, 0.25) is 0 Å². The number of esters is 1. The van der Waals surface area contributed by atoms with Gasteiger partial charge in [-0.2, -0.15) is 0 Å². The minimum absolute atomic E-state index is 0.321. The molecule has 0 saturated heterocycles. The first-order valence-corrected chi connectivity index (χ1v) is 8.71. The SMILES string of the molecule is CCCCCCCCCCCC=Cc1c[nH]c(C(=O)OC)c1. The molecule has 1 rings (SSSR count). The van der Waals surface area contributed by atoms with Gasteiger partial charge in [0.25, 0.3) is 0 Å². The number of hydrogen-bond acceptors (Lipinski definition) is 2. The summed E-state index contributed by atoms with van der Waals surface area (Å²) < 4.78 is 4.67. The number of carbonyl (C=O) groups is 1. The second-order valence-electron chi connectivity index (χ2n) is 5.86. The standard InChI is InChI=1S/C19H31NO2/c1-3-4-5-6-7-8-9-10-11-12-13-14-17-15-18(20-16-17)19(21)22-2/h13-16,20H,3-12H2,1-2H3. The summed E-state index contributed by atoms with van der Waals surface area (Å²) in [5.74, 6) is -0.321. The highest BCUT2D eigenvalue weighted by Gasteiger charge is 2.06. The summed E-state index contributed by atoms with van der Waals surface area (Å²) in [7, 11) is 1.39. The lowest BCUT2D eigenvalue weighted by Crippen LogP contribution is -2.00. The Morgan fingerprint density at radius 3 is 2.36 bits per heavy atom. The summed E-state index contributed by atoms with van der Waals surface area (Å²) in [4.78, 5) is 14.2. The van der Waals surface area contributed by atoms with Crippen LogP contribution in [-0.4, -0.2) is 18.1 Å². The fourth-order valence-electron chi connectivity index (χ4n) is 2.53. The van der Waals surface area contributed by atoms with Crippen LogP contribution in [0.1, 0.15) is 87.2 Å². The fourth-order valence-corrected chi connectivity index (χ4v) is 2.53. The summed E-state index contributed by atoms with van der Waals surface area (Å²) in [6.45, 7) is 2.26. The van der Waals surface area contributed by atoms with Gasteiger partial charge in [0.2, 0.25) is 0 Å². The molecule has 3 heteroatoms. The number of rotatable bonds is 12. The molecule has 3 nitrogen and oxygen atoms in total. The molecule has 22 heavy (non-hydrogen) atoms. The van der Waals surface area contributed by atoms with E-state index in [-0.39, 0.29) is 5.97 Å². The van der Waals surface area contributed by atoms with E-state index in [4.69, 9.17) is 0 Å². The minimum atomic E-state index is -0.321. The number of unbranched alkanes of at least 4 members (excludes halogenated alkanes) is 9. The molecule has 0 radical (unpaired) electrons. The third-order valence-corrected chi connectivity index (χ3v) is 3.90. The highest BCUT2D eigenvalue weighted by atomic mass is 16.5. The summed E-state index contributed by atoms with van der Waals surface area (Å²) in [5, 5.41) is 0. The van der Waals surface area contributed by atoms with E-state index in [0.29, 0.717) is 5.69 Å². The molecular formula is C19H31NO2. The number of nitrogens with one attached hydrogen (secondary N) is 1. The van der Waals surface area contributed by atoms with Gasteiger partial charge < -0.3 is 9.72 Å². The van der Waals surface area contributed by atoms with Gasteiger partial charge in [0.15, 0.2) is 0 Å². The Morgan fingerprint density at radius 2 is 1.73 bits per heavy atom. The van der Waals surface area contributed by atoms with Crippen molar-refractivity contribution in [2.24, 2.45) is 0 Å². The Kier molecular flexibility index (Phi) is 10.2. The van der Waals surface area contributed by atoms with Gasteiger partial charge >= 0.3 is 5.97 Å². The molecule has 1 aromatic rings. The maximum Gasteiger partial charge on any atom is 0.354 e. The van der Waals surface area contributed by atoms with Gasteiger partial charge in [0.05, 0.1) is 7.11 Å². The second kappa shape index (κ2) is 12.1. The molecule has 0 saturated carbocycles. The van der Waals surface area contributed by atoms with Gasteiger partial charge in [-0.05, 0) is 24.5 Å². The van der Waals surface area contributed by atoms with Crippen LogP contribution in [0.25, 0.3) is 6.08 Å². The summed E-state index contributed by atoms with van der Waals surface area (Å²) in [6.07, 6.45) is 19.4. The number of ether oxygens (including phenoxy) is 1. The second-order valence-corrected chi connectivity index (χ2v) is 5.86. The molecule has 0 aliphatic rings. The predicted octanol–water partition coefficient (Wildman–Crippen LogP) is 5.74. The first-order valence-electron chi connectivity index (χ1n) is 8.71. The predicted molar refractivity (Wildman–Crippen MR) is 93.0 cm³/mol. The first kappa shape index (κ1) is 18.5. The number of carbonyl (C=O) groups excluding carboxylic acids is 1. The highest BCUT2D eigenvalue weighted by molar-refractivity contribution is 5.88. The Labute approximate surface area is 135 Å². The number of hydrogen-bond donors (Lipinski definition) is 1. The molecule has 1 N–H and O–H groups in total. The van der Waals surface area contributed by atoms with Crippen LogP contribution in [0.5, 0.6) is 0 Å².